The number of hydrogen-bond acceptors (Lipinski definition) is 5. The van der Waals surface area contributed by atoms with E-state index in [-0.39, 0.29) is 29.0 Å². The average Bonchev–Trinajstić information content (AvgIpc) is 2.67. The van der Waals surface area contributed by atoms with Gasteiger partial charge in [-0.3, -0.25) is 23.5 Å². The third-order valence-corrected chi connectivity index (χ3v) is 5.39. The first-order chi connectivity index (χ1) is 12.8. The summed E-state index contributed by atoms with van der Waals surface area (Å²) in [4.78, 5) is 51.6. The first-order valence-electron chi connectivity index (χ1n) is 8.75. The first kappa shape index (κ1) is 17.2. The number of allylic oxidation sites excluding steroid dienone is 2. The van der Waals surface area contributed by atoms with E-state index in [2.05, 4.69) is 5.32 Å². The van der Waals surface area contributed by atoms with Gasteiger partial charge < -0.3 is 5.32 Å². The van der Waals surface area contributed by atoms with Crippen molar-refractivity contribution in [3.8, 4) is 0 Å². The number of rotatable bonds is 1. The number of nitrogens with zero attached hydrogens (tertiary/aromatic N) is 2. The second-order valence-corrected chi connectivity index (χ2v) is 7.31. The number of fused-ring (bicyclic) bond motifs is 2. The van der Waals surface area contributed by atoms with E-state index in [0.29, 0.717) is 22.3 Å². The molecule has 1 aliphatic carbocycles. The highest BCUT2D eigenvalue weighted by Gasteiger charge is 2.43. The molecule has 0 saturated heterocycles. The van der Waals surface area contributed by atoms with Crippen LogP contribution in [-0.2, 0) is 14.1 Å². The van der Waals surface area contributed by atoms with Gasteiger partial charge in [-0.25, -0.2) is 4.79 Å². The molecule has 7 heteroatoms. The lowest BCUT2D eigenvalue weighted by Gasteiger charge is -2.35. The molecule has 1 aromatic heterocycles. The van der Waals surface area contributed by atoms with Gasteiger partial charge in [0.25, 0.3) is 5.56 Å². The molecular weight excluding hydrogens is 346 g/mol. The summed E-state index contributed by atoms with van der Waals surface area (Å²) >= 11 is 0. The minimum Gasteiger partial charge on any atom is -0.338 e. The van der Waals surface area contributed by atoms with Gasteiger partial charge in [0.2, 0.25) is 5.78 Å². The van der Waals surface area contributed by atoms with Gasteiger partial charge in [-0.1, -0.05) is 38.1 Å². The van der Waals surface area contributed by atoms with E-state index in [9.17, 15) is 19.2 Å². The molecule has 0 radical (unpaired) electrons. The smallest absolute Gasteiger partial charge is 0.332 e. The molecule has 0 spiro atoms. The van der Waals surface area contributed by atoms with Crippen LogP contribution in [0.4, 0.5) is 5.82 Å². The van der Waals surface area contributed by atoms with E-state index in [1.54, 1.807) is 31.3 Å². The molecule has 0 bridgehead atoms. The van der Waals surface area contributed by atoms with Gasteiger partial charge in [-0.2, -0.15) is 0 Å². The van der Waals surface area contributed by atoms with E-state index in [1.165, 1.54) is 11.6 Å². The summed E-state index contributed by atoms with van der Waals surface area (Å²) in [5, 5.41) is 2.94. The number of aromatic nitrogens is 2. The van der Waals surface area contributed by atoms with Crippen molar-refractivity contribution < 1.29 is 9.59 Å². The zero-order valence-electron chi connectivity index (χ0n) is 15.5. The van der Waals surface area contributed by atoms with E-state index in [1.807, 2.05) is 13.8 Å². The lowest BCUT2D eigenvalue weighted by atomic mass is 9.73. The summed E-state index contributed by atoms with van der Waals surface area (Å²) in [6, 6.07) is 6.67. The molecule has 1 atom stereocenters. The van der Waals surface area contributed by atoms with Crippen LogP contribution in [0.25, 0.3) is 0 Å². The molecule has 1 unspecified atom stereocenters. The van der Waals surface area contributed by atoms with Crippen molar-refractivity contribution in [3.63, 3.8) is 0 Å². The molecular formula is C20H19N3O4. The standard InChI is InChI=1S/C20H19N3O4/c1-9(2)12-13-15(17(25)11-8-6-5-7-10(11)16(13)24)21-18-14(12)19(26)23(4)20(27)22(18)3/h5-9,12,21H,1-4H3. The largest absolute Gasteiger partial charge is 0.338 e. The molecule has 0 saturated carbocycles. The lowest BCUT2D eigenvalue weighted by molar-refractivity contribution is 0.0966. The fourth-order valence-corrected chi connectivity index (χ4v) is 4.05. The highest BCUT2D eigenvalue weighted by Crippen LogP contribution is 2.43. The molecule has 27 heavy (non-hydrogen) atoms. The molecule has 4 rings (SSSR count). The second kappa shape index (κ2) is 5.64. The highest BCUT2D eigenvalue weighted by molar-refractivity contribution is 6.28. The van der Waals surface area contributed by atoms with Crippen molar-refractivity contribution in [1.29, 1.82) is 0 Å². The van der Waals surface area contributed by atoms with Crippen LogP contribution in [0.2, 0.25) is 0 Å². The maximum absolute atomic E-state index is 13.2. The third kappa shape index (κ3) is 2.14. The van der Waals surface area contributed by atoms with Crippen LogP contribution in [0.5, 0.6) is 0 Å². The average molecular weight is 365 g/mol. The molecule has 2 aliphatic rings. The van der Waals surface area contributed by atoms with E-state index >= 15 is 0 Å². The zero-order chi connectivity index (χ0) is 19.6. The van der Waals surface area contributed by atoms with Crippen LogP contribution < -0.4 is 16.6 Å². The Bertz CT molecular complexity index is 1180. The maximum Gasteiger partial charge on any atom is 0.332 e. The van der Waals surface area contributed by atoms with Gasteiger partial charge in [0.05, 0.1) is 11.3 Å². The minimum absolute atomic E-state index is 0.122. The number of carbonyl (C=O) groups is 2. The maximum atomic E-state index is 13.2. The van der Waals surface area contributed by atoms with Crippen molar-refractivity contribution in [3.05, 3.63) is 73.1 Å². The topological polar surface area (TPSA) is 90.2 Å². The van der Waals surface area contributed by atoms with Gasteiger partial charge in [-0.15, -0.1) is 0 Å². The Hall–Kier alpha value is -3.22. The summed E-state index contributed by atoms with van der Waals surface area (Å²) in [7, 11) is 2.95. The number of nitrogens with one attached hydrogen (secondary N) is 1. The Morgan fingerprint density at radius 2 is 1.52 bits per heavy atom. The molecule has 7 nitrogen and oxygen atoms in total. The Morgan fingerprint density at radius 3 is 2.11 bits per heavy atom. The Labute approximate surface area is 154 Å². The van der Waals surface area contributed by atoms with Gasteiger partial charge in [0.15, 0.2) is 5.78 Å². The summed E-state index contributed by atoms with van der Waals surface area (Å²) in [6.45, 7) is 3.79. The zero-order valence-corrected chi connectivity index (χ0v) is 15.5. The molecule has 0 amide bonds. The number of benzene rings is 1. The monoisotopic (exact) mass is 365 g/mol. The Kier molecular flexibility index (Phi) is 3.59. The number of hydrogen-bond donors (Lipinski definition) is 1. The summed E-state index contributed by atoms with van der Waals surface area (Å²) in [6.07, 6.45) is 0. The van der Waals surface area contributed by atoms with Gasteiger partial charge in [0.1, 0.15) is 5.82 Å². The Morgan fingerprint density at radius 1 is 0.926 bits per heavy atom. The number of Topliss-reactive ketones (excluding diaryl/α,β-unsaturated/α-hetero) is 2. The summed E-state index contributed by atoms with van der Waals surface area (Å²) < 4.78 is 2.35. The summed E-state index contributed by atoms with van der Waals surface area (Å²) in [5.41, 5.74) is 0.532. The molecule has 2 aromatic rings. The number of ketones is 2. The van der Waals surface area contributed by atoms with Crippen molar-refractivity contribution in [2.45, 2.75) is 19.8 Å². The summed E-state index contributed by atoms with van der Waals surface area (Å²) in [5.74, 6) is -0.978. The fourth-order valence-electron chi connectivity index (χ4n) is 4.05. The van der Waals surface area contributed by atoms with Crippen LogP contribution in [0, 0.1) is 5.92 Å². The van der Waals surface area contributed by atoms with E-state index in [0.717, 1.165) is 4.57 Å². The van der Waals surface area contributed by atoms with Crippen molar-refractivity contribution >= 4 is 17.4 Å². The quantitative estimate of drug-likeness (QED) is 0.829. The second-order valence-electron chi connectivity index (χ2n) is 7.31. The predicted molar refractivity (Wildman–Crippen MR) is 100 cm³/mol. The number of carbonyl (C=O) groups excluding carboxylic acids is 2. The molecule has 1 aromatic carbocycles. The third-order valence-electron chi connectivity index (χ3n) is 5.39. The molecule has 138 valence electrons. The Balaban J connectivity index is 2.08. The SMILES string of the molecule is CC(C)C1C2=C(Nc3c1c(=O)n(C)c(=O)n3C)C(=O)c1ccccc1C2=O. The normalized spacial score (nSPS) is 18.2. The first-order valence-corrected chi connectivity index (χ1v) is 8.75. The van der Waals surface area contributed by atoms with Gasteiger partial charge >= 0.3 is 5.69 Å². The highest BCUT2D eigenvalue weighted by atomic mass is 16.2. The van der Waals surface area contributed by atoms with Crippen LogP contribution in [0.1, 0.15) is 46.0 Å². The van der Waals surface area contributed by atoms with E-state index < -0.39 is 17.2 Å². The minimum atomic E-state index is -0.577. The van der Waals surface area contributed by atoms with Crippen LogP contribution in [0.15, 0.2) is 45.1 Å². The fraction of sp³-hybridized carbons (Fsp3) is 0.300. The van der Waals surface area contributed by atoms with Gasteiger partial charge in [-0.05, 0) is 5.92 Å². The van der Waals surface area contributed by atoms with Crippen LogP contribution in [0.3, 0.4) is 0 Å². The number of anilines is 1. The van der Waals surface area contributed by atoms with Crippen molar-refractivity contribution in [1.82, 2.24) is 9.13 Å². The molecule has 1 aliphatic heterocycles. The van der Waals surface area contributed by atoms with Crippen LogP contribution in [-0.4, -0.2) is 20.7 Å². The van der Waals surface area contributed by atoms with Crippen molar-refractivity contribution in [2.24, 2.45) is 20.0 Å². The predicted octanol–water partition coefficient (Wildman–Crippen LogP) is 1.58. The van der Waals surface area contributed by atoms with Crippen LogP contribution >= 0.6 is 0 Å². The van der Waals surface area contributed by atoms with Crippen molar-refractivity contribution in [2.75, 3.05) is 5.32 Å². The molecule has 2 heterocycles. The van der Waals surface area contributed by atoms with E-state index in [4.69, 9.17) is 0 Å². The lowest BCUT2D eigenvalue weighted by Crippen LogP contribution is -2.45. The molecule has 0 fully saturated rings. The molecule has 1 N–H and O–H groups in total. The van der Waals surface area contributed by atoms with Gasteiger partial charge in [0, 0.05) is 36.7 Å².